The summed E-state index contributed by atoms with van der Waals surface area (Å²) in [7, 11) is 1.77. The zero-order valence-corrected chi connectivity index (χ0v) is 16.2. The van der Waals surface area contributed by atoms with Gasteiger partial charge in [-0.1, -0.05) is 24.0 Å². The van der Waals surface area contributed by atoms with Crippen LogP contribution >= 0.6 is 30.3 Å². The number of halogens is 1. The quantitative estimate of drug-likeness (QED) is 0.282. The molecule has 0 aromatic carbocycles. The number of nitrogens with zero attached hydrogens (tertiary/aromatic N) is 3. The highest BCUT2D eigenvalue weighted by Gasteiger charge is 2.15. The molecule has 0 amide bonds. The molecule has 120 valence electrons. The molecule has 1 aliphatic carbocycles. The molecule has 0 aromatic rings. The molecule has 1 aliphatic heterocycles. The van der Waals surface area contributed by atoms with Crippen molar-refractivity contribution in [2.75, 3.05) is 13.1 Å². The van der Waals surface area contributed by atoms with Crippen molar-refractivity contribution in [2.45, 2.75) is 77.3 Å². The molecular weight excluding hydrogens is 393 g/mol. The Kier molecular flexibility index (Phi) is 8.62. The van der Waals surface area contributed by atoms with Gasteiger partial charge < -0.3 is 0 Å². The van der Waals surface area contributed by atoms with E-state index in [1.165, 1.54) is 64.2 Å². The molecule has 0 saturated heterocycles. The van der Waals surface area contributed by atoms with Crippen LogP contribution < -0.4 is 0 Å². The first-order chi connectivity index (χ1) is 10.3. The predicted molar refractivity (Wildman–Crippen MR) is 101 cm³/mol. The molecule has 0 unspecified atom stereocenters. The van der Waals surface area contributed by atoms with E-state index in [1.807, 2.05) is 0 Å². The topological polar surface area (TPSA) is 28.0 Å². The minimum absolute atomic E-state index is 0.206. The third kappa shape index (κ3) is 6.18. The van der Waals surface area contributed by atoms with Crippen molar-refractivity contribution in [3.63, 3.8) is 0 Å². The van der Waals surface area contributed by atoms with E-state index in [-0.39, 0.29) is 6.17 Å². The highest BCUT2D eigenvalue weighted by Crippen LogP contribution is 2.30. The summed E-state index contributed by atoms with van der Waals surface area (Å²) in [6.07, 6.45) is 13.5. The zero-order chi connectivity index (χ0) is 14.9. The van der Waals surface area contributed by atoms with Crippen molar-refractivity contribution >= 4 is 30.3 Å². The van der Waals surface area contributed by atoms with Gasteiger partial charge in [0.05, 0.1) is 6.54 Å². The molecule has 0 spiro atoms. The Hall–Kier alpha value is 0.380. The number of hydrogen-bond acceptors (Lipinski definition) is 4. The molecule has 3 nitrogen and oxygen atoms in total. The third-order valence-corrected chi connectivity index (χ3v) is 6.74. The molecule has 0 N–H and O–H groups in total. The Morgan fingerprint density at radius 2 is 1.57 bits per heavy atom. The number of hydrogen-bond donors (Lipinski definition) is 0. The van der Waals surface area contributed by atoms with Crippen molar-refractivity contribution in [3.05, 3.63) is 11.1 Å². The summed E-state index contributed by atoms with van der Waals surface area (Å²) < 4.78 is 2.36. The number of rotatable bonds is 1. The highest BCUT2D eigenvalue weighted by molar-refractivity contribution is 14.2. The fourth-order valence-corrected chi connectivity index (χ4v) is 5.25. The smallest absolute Gasteiger partial charge is 0.130 e. The molecule has 0 aromatic heterocycles. The Balaban J connectivity index is 2.05. The molecule has 21 heavy (non-hydrogen) atoms. The molecule has 2 aliphatic rings. The van der Waals surface area contributed by atoms with E-state index in [0.29, 0.717) is 0 Å². The van der Waals surface area contributed by atoms with Crippen LogP contribution in [0.15, 0.2) is 21.4 Å². The lowest BCUT2D eigenvalue weighted by Gasteiger charge is -2.24. The Bertz CT molecular complexity index is 371. The fraction of sp³-hybridized carbons (Fsp3) is 0.875. The van der Waals surface area contributed by atoms with Crippen LogP contribution in [0.1, 0.15) is 71.1 Å². The summed E-state index contributed by atoms with van der Waals surface area (Å²) in [5.74, 6) is 0. The van der Waals surface area contributed by atoms with Crippen molar-refractivity contribution in [2.24, 2.45) is 10.2 Å². The van der Waals surface area contributed by atoms with Gasteiger partial charge in [-0.3, -0.25) is 0 Å². The summed E-state index contributed by atoms with van der Waals surface area (Å²) in [5.41, 5.74) is 3.56. The van der Waals surface area contributed by atoms with Crippen molar-refractivity contribution < 1.29 is 0 Å². The van der Waals surface area contributed by atoms with E-state index in [9.17, 15) is 0 Å². The minimum Gasteiger partial charge on any atom is -0.217 e. The molecule has 0 fully saturated rings. The maximum atomic E-state index is 4.46. The Labute approximate surface area is 146 Å². The van der Waals surface area contributed by atoms with Gasteiger partial charge in [-0.15, -0.1) is 0 Å². The number of azo groups is 1. The van der Waals surface area contributed by atoms with Crippen molar-refractivity contribution in [1.82, 2.24) is 4.31 Å². The molecule has 1 atom stereocenters. The maximum Gasteiger partial charge on any atom is 0.130 e. The van der Waals surface area contributed by atoms with E-state index < -0.39 is 0 Å². The Morgan fingerprint density at radius 3 is 2.24 bits per heavy atom. The van der Waals surface area contributed by atoms with Crippen LogP contribution in [-0.4, -0.2) is 23.6 Å². The van der Waals surface area contributed by atoms with E-state index in [0.717, 1.165) is 13.1 Å². The van der Waals surface area contributed by atoms with Gasteiger partial charge in [0.2, 0.25) is 0 Å². The van der Waals surface area contributed by atoms with Gasteiger partial charge in [-0.25, -0.2) is 4.31 Å². The maximum absolute atomic E-state index is 4.46. The van der Waals surface area contributed by atoms with Crippen LogP contribution in [0, 0.1) is 0 Å². The standard InChI is InChI=1S/C16H28IN3S/c1-14-19-18-12-6-10-15-8-4-2-3-5-9-16(15)11-7-13-20(14)21-17/h14H,2-13H2,1H3/b16-15-,19-18-/t14-/m0/s1. The summed E-state index contributed by atoms with van der Waals surface area (Å²) in [5, 5.41) is 8.86. The molecule has 0 bridgehead atoms. The minimum atomic E-state index is 0.206. The second-order valence-electron chi connectivity index (χ2n) is 6.15. The second-order valence-corrected chi connectivity index (χ2v) is 7.94. The monoisotopic (exact) mass is 421 g/mol. The largest absolute Gasteiger partial charge is 0.217 e. The fourth-order valence-electron chi connectivity index (χ4n) is 3.31. The second kappa shape index (κ2) is 10.2. The molecule has 2 rings (SSSR count). The van der Waals surface area contributed by atoms with Crippen LogP contribution in [-0.2, 0) is 0 Å². The normalized spacial score (nSPS) is 32.2. The van der Waals surface area contributed by atoms with E-state index in [1.54, 1.807) is 20.3 Å². The van der Waals surface area contributed by atoms with Crippen LogP contribution in [0.5, 0.6) is 0 Å². The van der Waals surface area contributed by atoms with Gasteiger partial charge in [0.25, 0.3) is 0 Å². The zero-order valence-electron chi connectivity index (χ0n) is 13.2. The van der Waals surface area contributed by atoms with Crippen molar-refractivity contribution in [1.29, 1.82) is 0 Å². The first-order valence-corrected chi connectivity index (χ1v) is 11.7. The molecular formula is C16H28IN3S. The van der Waals surface area contributed by atoms with Gasteiger partial charge in [-0.05, 0) is 67.4 Å². The average Bonchev–Trinajstić information content (AvgIpc) is 2.46. The number of allylic oxidation sites excluding steroid dienone is 2. The first kappa shape index (κ1) is 17.7. The Morgan fingerprint density at radius 1 is 0.952 bits per heavy atom. The van der Waals surface area contributed by atoms with Gasteiger partial charge in [-0.2, -0.15) is 10.2 Å². The summed E-state index contributed by atoms with van der Waals surface area (Å²) in [4.78, 5) is 0. The molecule has 5 heteroatoms. The van der Waals surface area contributed by atoms with Crippen LogP contribution in [0.25, 0.3) is 0 Å². The van der Waals surface area contributed by atoms with E-state index in [2.05, 4.69) is 42.7 Å². The van der Waals surface area contributed by atoms with Crippen molar-refractivity contribution in [3.8, 4) is 0 Å². The highest BCUT2D eigenvalue weighted by atomic mass is 127. The van der Waals surface area contributed by atoms with Gasteiger partial charge in [0.15, 0.2) is 0 Å². The summed E-state index contributed by atoms with van der Waals surface area (Å²) in [6.45, 7) is 4.16. The van der Waals surface area contributed by atoms with Crippen LogP contribution in [0.4, 0.5) is 0 Å². The lowest BCUT2D eigenvalue weighted by Crippen LogP contribution is -2.25. The SMILES string of the molecule is C[C@H]1/N=N\CCC/C2=C(/CCCCCC2)CCCN1SI. The summed E-state index contributed by atoms with van der Waals surface area (Å²) >= 11 is 2.37. The lowest BCUT2D eigenvalue weighted by molar-refractivity contribution is 0.365. The first-order valence-electron chi connectivity index (χ1n) is 8.43. The average molecular weight is 421 g/mol. The predicted octanol–water partition coefficient (Wildman–Crippen LogP) is 6.31. The summed E-state index contributed by atoms with van der Waals surface area (Å²) in [6, 6.07) is 0. The lowest BCUT2D eigenvalue weighted by atomic mass is 9.88. The van der Waals surface area contributed by atoms with Gasteiger partial charge >= 0.3 is 0 Å². The van der Waals surface area contributed by atoms with E-state index in [4.69, 9.17) is 0 Å². The third-order valence-electron chi connectivity index (χ3n) is 4.55. The van der Waals surface area contributed by atoms with Crippen LogP contribution in [0.3, 0.4) is 0 Å². The van der Waals surface area contributed by atoms with Crippen LogP contribution in [0.2, 0.25) is 0 Å². The van der Waals surface area contributed by atoms with E-state index >= 15 is 0 Å². The molecule has 1 heterocycles. The van der Waals surface area contributed by atoms with Gasteiger partial charge in [0.1, 0.15) is 6.17 Å². The molecule has 0 saturated carbocycles. The van der Waals surface area contributed by atoms with Gasteiger partial charge in [0, 0.05) is 27.8 Å². The molecule has 0 radical (unpaired) electrons.